The molecular formula is C24H23ClFN3O4S. The Hall–Kier alpha value is -3.27. The Morgan fingerprint density at radius 2 is 1.53 bits per heavy atom. The van der Waals surface area contributed by atoms with Gasteiger partial charge in [0.25, 0.3) is 0 Å². The van der Waals surface area contributed by atoms with Crippen LogP contribution in [-0.4, -0.2) is 31.1 Å². The molecule has 0 saturated carbocycles. The van der Waals surface area contributed by atoms with Gasteiger partial charge in [-0.2, -0.15) is 4.31 Å². The van der Waals surface area contributed by atoms with E-state index in [0.717, 1.165) is 9.87 Å². The minimum absolute atomic E-state index is 0.0296. The predicted molar refractivity (Wildman–Crippen MR) is 130 cm³/mol. The van der Waals surface area contributed by atoms with Crippen LogP contribution in [0.4, 0.5) is 15.8 Å². The van der Waals surface area contributed by atoms with Crippen LogP contribution in [-0.2, 0) is 26.2 Å². The molecule has 2 amide bonds. The third-order valence-electron chi connectivity index (χ3n) is 4.86. The Morgan fingerprint density at radius 3 is 2.09 bits per heavy atom. The number of hydrogen-bond donors (Lipinski definition) is 2. The number of benzene rings is 3. The topological polar surface area (TPSA) is 95.6 Å². The number of halogens is 2. The van der Waals surface area contributed by atoms with E-state index in [1.54, 1.807) is 36.4 Å². The van der Waals surface area contributed by atoms with Crippen molar-refractivity contribution in [3.63, 3.8) is 0 Å². The van der Waals surface area contributed by atoms with Crippen LogP contribution < -0.4 is 10.6 Å². The van der Waals surface area contributed by atoms with E-state index in [0.29, 0.717) is 11.4 Å². The fraction of sp³-hybridized carbons (Fsp3) is 0.167. The number of carbonyl (C=O) groups is 2. The van der Waals surface area contributed by atoms with Gasteiger partial charge in [-0.15, -0.1) is 0 Å². The van der Waals surface area contributed by atoms with Crippen molar-refractivity contribution in [2.75, 3.05) is 17.2 Å². The predicted octanol–water partition coefficient (Wildman–Crippen LogP) is 4.58. The van der Waals surface area contributed by atoms with E-state index in [1.165, 1.54) is 37.3 Å². The van der Waals surface area contributed by atoms with Gasteiger partial charge in [-0.1, -0.05) is 35.4 Å². The molecule has 0 aliphatic carbocycles. The van der Waals surface area contributed by atoms with Gasteiger partial charge in [0.1, 0.15) is 5.82 Å². The van der Waals surface area contributed by atoms with Crippen molar-refractivity contribution in [3.05, 3.63) is 88.7 Å². The second-order valence-electron chi connectivity index (χ2n) is 7.59. The van der Waals surface area contributed by atoms with E-state index in [1.807, 2.05) is 6.92 Å². The van der Waals surface area contributed by atoms with E-state index < -0.39 is 34.8 Å². The SMILES string of the molecule is CC(=O)Nc1ccc(NC(=O)CN(Cc2c(F)cccc2Cl)S(=O)(=O)c2ccc(C)cc2)cc1. The number of nitrogens with one attached hydrogen (secondary N) is 2. The van der Waals surface area contributed by atoms with Crippen molar-refractivity contribution in [1.29, 1.82) is 0 Å². The highest BCUT2D eigenvalue weighted by molar-refractivity contribution is 7.89. The molecule has 0 aliphatic rings. The fourth-order valence-electron chi connectivity index (χ4n) is 3.15. The van der Waals surface area contributed by atoms with Crippen LogP contribution in [0.15, 0.2) is 71.6 Å². The summed E-state index contributed by atoms with van der Waals surface area (Å²) in [7, 11) is -4.16. The lowest BCUT2D eigenvalue weighted by molar-refractivity contribution is -0.116. The first kappa shape index (κ1) is 25.4. The largest absolute Gasteiger partial charge is 0.326 e. The molecule has 7 nitrogen and oxygen atoms in total. The van der Waals surface area contributed by atoms with Gasteiger partial charge in [0.2, 0.25) is 21.8 Å². The second-order valence-corrected chi connectivity index (χ2v) is 9.94. The zero-order valence-corrected chi connectivity index (χ0v) is 20.1. The Kier molecular flexibility index (Phi) is 8.03. The summed E-state index contributed by atoms with van der Waals surface area (Å²) < 4.78 is 42.0. The highest BCUT2D eigenvalue weighted by atomic mass is 35.5. The maximum atomic E-state index is 14.4. The third-order valence-corrected chi connectivity index (χ3v) is 7.02. The van der Waals surface area contributed by atoms with Gasteiger partial charge in [0, 0.05) is 35.4 Å². The van der Waals surface area contributed by atoms with Gasteiger partial charge >= 0.3 is 0 Å². The number of amides is 2. The molecule has 0 radical (unpaired) electrons. The Labute approximate surface area is 202 Å². The summed E-state index contributed by atoms with van der Waals surface area (Å²) in [5.74, 6) is -1.54. The molecule has 0 heterocycles. The van der Waals surface area contributed by atoms with Crippen molar-refractivity contribution >= 4 is 44.8 Å². The number of hydrogen-bond acceptors (Lipinski definition) is 4. The van der Waals surface area contributed by atoms with E-state index >= 15 is 0 Å². The molecule has 0 spiro atoms. The fourth-order valence-corrected chi connectivity index (χ4v) is 4.73. The van der Waals surface area contributed by atoms with Crippen LogP contribution in [0, 0.1) is 12.7 Å². The molecule has 3 aromatic carbocycles. The minimum Gasteiger partial charge on any atom is -0.326 e. The quantitative estimate of drug-likeness (QED) is 0.470. The van der Waals surface area contributed by atoms with Crippen molar-refractivity contribution in [1.82, 2.24) is 4.31 Å². The maximum absolute atomic E-state index is 14.4. The highest BCUT2D eigenvalue weighted by Crippen LogP contribution is 2.25. The molecule has 34 heavy (non-hydrogen) atoms. The van der Waals surface area contributed by atoms with Crippen LogP contribution in [0.3, 0.4) is 0 Å². The number of aryl methyl sites for hydroxylation is 1. The summed E-state index contributed by atoms with van der Waals surface area (Å²) in [4.78, 5) is 23.9. The molecule has 10 heteroatoms. The molecule has 0 aromatic heterocycles. The number of nitrogens with zero attached hydrogens (tertiary/aromatic N) is 1. The van der Waals surface area contributed by atoms with Crippen LogP contribution >= 0.6 is 11.6 Å². The summed E-state index contributed by atoms with van der Waals surface area (Å²) in [5, 5.41) is 5.28. The van der Waals surface area contributed by atoms with Crippen molar-refractivity contribution < 1.29 is 22.4 Å². The summed E-state index contributed by atoms with van der Waals surface area (Å²) in [5.41, 5.74) is 1.77. The molecule has 0 aliphatic heterocycles. The third kappa shape index (κ3) is 6.40. The van der Waals surface area contributed by atoms with Crippen molar-refractivity contribution in [3.8, 4) is 0 Å². The summed E-state index contributed by atoms with van der Waals surface area (Å²) >= 11 is 6.12. The van der Waals surface area contributed by atoms with Gasteiger partial charge < -0.3 is 10.6 Å². The first-order valence-electron chi connectivity index (χ1n) is 10.2. The monoisotopic (exact) mass is 503 g/mol. The van der Waals surface area contributed by atoms with Gasteiger partial charge in [0.05, 0.1) is 11.4 Å². The minimum atomic E-state index is -4.16. The van der Waals surface area contributed by atoms with Crippen LogP contribution in [0.25, 0.3) is 0 Å². The number of anilines is 2. The Morgan fingerprint density at radius 1 is 0.941 bits per heavy atom. The lowest BCUT2D eigenvalue weighted by Gasteiger charge is -2.23. The van der Waals surface area contributed by atoms with Gasteiger partial charge in [0.15, 0.2) is 0 Å². The highest BCUT2D eigenvalue weighted by Gasteiger charge is 2.28. The first-order chi connectivity index (χ1) is 16.1. The Bertz CT molecular complexity index is 1280. The van der Waals surface area contributed by atoms with E-state index in [9.17, 15) is 22.4 Å². The molecule has 3 rings (SSSR count). The smallest absolute Gasteiger partial charge is 0.243 e. The number of sulfonamides is 1. The zero-order valence-electron chi connectivity index (χ0n) is 18.5. The zero-order chi connectivity index (χ0) is 24.9. The molecular weight excluding hydrogens is 481 g/mol. The normalized spacial score (nSPS) is 11.3. The standard InChI is InChI=1S/C24H23ClFN3O4S/c1-16-6-12-20(13-7-16)34(32,33)29(14-21-22(25)4-3-5-23(21)26)15-24(31)28-19-10-8-18(9-11-19)27-17(2)30/h3-13H,14-15H2,1-2H3,(H,27,30)(H,28,31). The molecule has 0 fully saturated rings. The lowest BCUT2D eigenvalue weighted by atomic mass is 10.2. The van der Waals surface area contributed by atoms with E-state index in [-0.39, 0.29) is 21.4 Å². The van der Waals surface area contributed by atoms with Crippen LogP contribution in [0.2, 0.25) is 5.02 Å². The maximum Gasteiger partial charge on any atom is 0.243 e. The molecule has 3 aromatic rings. The molecule has 178 valence electrons. The second kappa shape index (κ2) is 10.8. The molecule has 0 bridgehead atoms. The van der Waals surface area contributed by atoms with E-state index in [4.69, 9.17) is 11.6 Å². The van der Waals surface area contributed by atoms with E-state index in [2.05, 4.69) is 10.6 Å². The van der Waals surface area contributed by atoms with Gasteiger partial charge in [-0.05, 0) is 55.5 Å². The molecule has 2 N–H and O–H groups in total. The molecule has 0 atom stereocenters. The molecule has 0 saturated heterocycles. The van der Waals surface area contributed by atoms with Gasteiger partial charge in [-0.3, -0.25) is 9.59 Å². The van der Waals surface area contributed by atoms with Gasteiger partial charge in [-0.25, -0.2) is 12.8 Å². The average molecular weight is 504 g/mol. The molecule has 0 unspecified atom stereocenters. The lowest BCUT2D eigenvalue weighted by Crippen LogP contribution is -2.37. The van der Waals surface area contributed by atoms with Crippen LogP contribution in [0.5, 0.6) is 0 Å². The average Bonchev–Trinajstić information content (AvgIpc) is 2.77. The van der Waals surface area contributed by atoms with Crippen LogP contribution in [0.1, 0.15) is 18.1 Å². The summed E-state index contributed by atoms with van der Waals surface area (Å²) in [6.07, 6.45) is 0. The first-order valence-corrected chi connectivity index (χ1v) is 12.1. The number of rotatable bonds is 8. The summed E-state index contributed by atoms with van der Waals surface area (Å²) in [6, 6.07) is 16.5. The number of carbonyl (C=O) groups excluding carboxylic acids is 2. The van der Waals surface area contributed by atoms with Crippen molar-refractivity contribution in [2.24, 2.45) is 0 Å². The van der Waals surface area contributed by atoms with Crippen molar-refractivity contribution in [2.45, 2.75) is 25.3 Å². The Balaban J connectivity index is 1.86. The summed E-state index contributed by atoms with van der Waals surface area (Å²) in [6.45, 7) is 2.18.